The van der Waals surface area contributed by atoms with Crippen molar-refractivity contribution in [2.24, 2.45) is 0 Å². The number of H-pyrrole nitrogens is 1. The van der Waals surface area contributed by atoms with Crippen molar-refractivity contribution in [1.29, 1.82) is 0 Å². The van der Waals surface area contributed by atoms with Crippen molar-refractivity contribution in [3.8, 4) is 11.1 Å². The van der Waals surface area contributed by atoms with Crippen molar-refractivity contribution in [3.63, 3.8) is 0 Å². The molecule has 0 unspecified atom stereocenters. The molecule has 0 radical (unpaired) electrons. The number of methoxy groups -OCH3 is 1. The molecule has 0 saturated heterocycles. The maximum atomic E-state index is 11.5. The third kappa shape index (κ3) is 2.77. The molecule has 3 rings (SSSR count). The third-order valence-corrected chi connectivity index (χ3v) is 3.71. The molecule has 6 nitrogen and oxygen atoms in total. The molecule has 0 aliphatic carbocycles. The highest BCUT2D eigenvalue weighted by atomic mass is 16.5. The lowest BCUT2D eigenvalue weighted by atomic mass is 10.00. The van der Waals surface area contributed by atoms with Gasteiger partial charge in [-0.05, 0) is 35.4 Å². The molecule has 0 atom stereocenters. The summed E-state index contributed by atoms with van der Waals surface area (Å²) in [5.41, 5.74) is 1.95. The molecule has 2 N–H and O–H groups in total. The summed E-state index contributed by atoms with van der Waals surface area (Å²) in [4.78, 5) is 37.0. The summed E-state index contributed by atoms with van der Waals surface area (Å²) < 4.78 is 4.65. The van der Waals surface area contributed by atoms with Crippen LogP contribution < -0.4 is 5.56 Å². The lowest BCUT2D eigenvalue weighted by Gasteiger charge is -2.07. The fraction of sp³-hybridized carbons (Fsp3) is 0.0556. The number of aromatic carboxylic acids is 1. The zero-order valence-electron chi connectivity index (χ0n) is 12.7. The highest BCUT2D eigenvalue weighted by Gasteiger charge is 2.12. The largest absolute Gasteiger partial charge is 0.478 e. The molecule has 24 heavy (non-hydrogen) atoms. The smallest absolute Gasteiger partial charge is 0.337 e. The molecule has 0 spiro atoms. The quantitative estimate of drug-likeness (QED) is 0.722. The van der Waals surface area contributed by atoms with Gasteiger partial charge in [0.25, 0.3) is 0 Å². The van der Waals surface area contributed by atoms with Crippen LogP contribution in [0.5, 0.6) is 0 Å². The van der Waals surface area contributed by atoms with Crippen molar-refractivity contribution in [2.45, 2.75) is 0 Å². The second-order valence-electron chi connectivity index (χ2n) is 5.18. The number of hydrogen-bond acceptors (Lipinski definition) is 4. The van der Waals surface area contributed by atoms with E-state index in [0.717, 1.165) is 17.2 Å². The molecule has 0 saturated carbocycles. The van der Waals surface area contributed by atoms with Crippen LogP contribution >= 0.6 is 0 Å². The van der Waals surface area contributed by atoms with Gasteiger partial charge in [0.05, 0.1) is 18.2 Å². The first-order valence-corrected chi connectivity index (χ1v) is 7.09. The Bertz CT molecular complexity index is 1000. The number of nitrogens with one attached hydrogen (secondary N) is 1. The number of benzene rings is 2. The molecule has 3 aromatic rings. The Kier molecular flexibility index (Phi) is 3.87. The normalized spacial score (nSPS) is 10.5. The van der Waals surface area contributed by atoms with Crippen molar-refractivity contribution in [3.05, 3.63) is 70.0 Å². The lowest BCUT2D eigenvalue weighted by molar-refractivity contribution is 0.0600. The molecule has 0 fully saturated rings. The number of pyridine rings is 1. The second-order valence-corrected chi connectivity index (χ2v) is 5.18. The van der Waals surface area contributed by atoms with Crippen LogP contribution in [0.4, 0.5) is 0 Å². The summed E-state index contributed by atoms with van der Waals surface area (Å²) >= 11 is 0. The van der Waals surface area contributed by atoms with Crippen molar-refractivity contribution >= 4 is 22.8 Å². The van der Waals surface area contributed by atoms with E-state index in [1.54, 1.807) is 42.5 Å². The van der Waals surface area contributed by atoms with Gasteiger partial charge in [-0.15, -0.1) is 0 Å². The van der Waals surface area contributed by atoms with E-state index in [-0.39, 0.29) is 5.56 Å². The molecule has 0 aliphatic heterocycles. The van der Waals surface area contributed by atoms with Gasteiger partial charge in [-0.2, -0.15) is 0 Å². The van der Waals surface area contributed by atoms with Crippen LogP contribution in [0.25, 0.3) is 22.0 Å². The topological polar surface area (TPSA) is 96.5 Å². The van der Waals surface area contributed by atoms with E-state index < -0.39 is 17.5 Å². The molecule has 0 bridgehead atoms. The average molecular weight is 323 g/mol. The third-order valence-electron chi connectivity index (χ3n) is 3.71. The summed E-state index contributed by atoms with van der Waals surface area (Å²) in [5, 5.41) is 9.73. The summed E-state index contributed by atoms with van der Waals surface area (Å²) in [7, 11) is 1.31. The molecule has 1 aromatic heterocycles. The summed E-state index contributed by atoms with van der Waals surface area (Å²) in [6.07, 6.45) is 0. The van der Waals surface area contributed by atoms with Gasteiger partial charge >= 0.3 is 11.9 Å². The minimum Gasteiger partial charge on any atom is -0.478 e. The molecule has 0 amide bonds. The Morgan fingerprint density at radius 3 is 2.29 bits per heavy atom. The summed E-state index contributed by atoms with van der Waals surface area (Å²) in [6, 6.07) is 13.0. The molecular weight excluding hydrogens is 310 g/mol. The van der Waals surface area contributed by atoms with Crippen LogP contribution in [-0.2, 0) is 4.74 Å². The number of carboxylic acids is 1. The van der Waals surface area contributed by atoms with Gasteiger partial charge in [-0.1, -0.05) is 18.2 Å². The van der Waals surface area contributed by atoms with Crippen LogP contribution in [0.3, 0.4) is 0 Å². The van der Waals surface area contributed by atoms with Crippen LogP contribution in [-0.4, -0.2) is 29.1 Å². The maximum Gasteiger partial charge on any atom is 0.337 e. The first-order valence-electron chi connectivity index (χ1n) is 7.09. The Hall–Kier alpha value is -3.41. The van der Waals surface area contributed by atoms with E-state index in [1.165, 1.54) is 7.11 Å². The van der Waals surface area contributed by atoms with Crippen molar-refractivity contribution in [1.82, 2.24) is 4.98 Å². The molecule has 120 valence electrons. The number of esters is 1. The number of carbonyl (C=O) groups excluding carboxylic acids is 1. The van der Waals surface area contributed by atoms with Crippen LogP contribution in [0.1, 0.15) is 20.7 Å². The predicted molar refractivity (Wildman–Crippen MR) is 88.3 cm³/mol. The van der Waals surface area contributed by atoms with Gasteiger partial charge in [0.1, 0.15) is 0 Å². The first kappa shape index (κ1) is 15.5. The number of fused-ring (bicyclic) bond motifs is 1. The number of carboxylic acid groups (broad SMARTS) is 1. The van der Waals surface area contributed by atoms with Gasteiger partial charge < -0.3 is 14.8 Å². The van der Waals surface area contributed by atoms with Crippen molar-refractivity contribution in [2.75, 3.05) is 7.11 Å². The summed E-state index contributed by atoms with van der Waals surface area (Å²) in [6.45, 7) is 0. The molecule has 6 heteroatoms. The van der Waals surface area contributed by atoms with E-state index in [4.69, 9.17) is 0 Å². The molecule has 2 aromatic carbocycles. The minimum atomic E-state index is -1.16. The van der Waals surface area contributed by atoms with E-state index >= 15 is 0 Å². The number of carbonyl (C=O) groups is 2. The van der Waals surface area contributed by atoms with Gasteiger partial charge in [-0.25, -0.2) is 9.59 Å². The number of ether oxygens (including phenoxy) is 1. The Balaban J connectivity index is 2.12. The first-order chi connectivity index (χ1) is 11.5. The zero-order valence-corrected chi connectivity index (χ0v) is 12.7. The monoisotopic (exact) mass is 323 g/mol. The number of aromatic nitrogens is 1. The number of aromatic amines is 1. The predicted octanol–water partition coefficient (Wildman–Crippen LogP) is 2.68. The van der Waals surface area contributed by atoms with E-state index in [2.05, 4.69) is 9.72 Å². The van der Waals surface area contributed by atoms with Gasteiger partial charge in [0, 0.05) is 17.0 Å². The SMILES string of the molecule is COC(=O)c1ccc(-c2ccc3[nH]c(=O)cc(C(=O)O)c3c2)cc1. The fourth-order valence-corrected chi connectivity index (χ4v) is 2.53. The van der Waals surface area contributed by atoms with Gasteiger partial charge in [-0.3, -0.25) is 4.79 Å². The van der Waals surface area contributed by atoms with E-state index in [9.17, 15) is 19.5 Å². The molecular formula is C18H13NO5. The molecule has 1 heterocycles. The Morgan fingerprint density at radius 1 is 1.00 bits per heavy atom. The fourth-order valence-electron chi connectivity index (χ4n) is 2.53. The number of rotatable bonds is 3. The lowest BCUT2D eigenvalue weighted by Crippen LogP contribution is -2.10. The van der Waals surface area contributed by atoms with Gasteiger partial charge in [0.15, 0.2) is 0 Å². The maximum absolute atomic E-state index is 11.5. The summed E-state index contributed by atoms with van der Waals surface area (Å²) in [5.74, 6) is -1.59. The van der Waals surface area contributed by atoms with E-state index in [0.29, 0.717) is 16.5 Å². The van der Waals surface area contributed by atoms with Crippen LogP contribution in [0.2, 0.25) is 0 Å². The second kappa shape index (κ2) is 6.00. The molecule has 0 aliphatic rings. The van der Waals surface area contributed by atoms with Crippen molar-refractivity contribution < 1.29 is 19.4 Å². The Labute approximate surface area is 136 Å². The van der Waals surface area contributed by atoms with Crippen LogP contribution in [0.15, 0.2) is 53.3 Å². The highest BCUT2D eigenvalue weighted by Crippen LogP contribution is 2.25. The standard InChI is InChI=1S/C18H13NO5/c1-24-18(23)11-4-2-10(3-5-11)12-6-7-15-13(8-12)14(17(21)22)9-16(20)19-15/h2-9H,1H3,(H,19,20)(H,21,22). The highest BCUT2D eigenvalue weighted by molar-refractivity contribution is 6.03. The minimum absolute atomic E-state index is 0.0539. The number of hydrogen-bond donors (Lipinski definition) is 2. The Morgan fingerprint density at radius 2 is 1.67 bits per heavy atom. The van der Waals surface area contributed by atoms with Gasteiger partial charge in [0.2, 0.25) is 5.56 Å². The average Bonchev–Trinajstić information content (AvgIpc) is 2.60. The zero-order chi connectivity index (χ0) is 17.3. The van der Waals surface area contributed by atoms with E-state index in [1.807, 2.05) is 0 Å². The van der Waals surface area contributed by atoms with Crippen LogP contribution in [0, 0.1) is 0 Å².